The number of hydrogen-bond donors (Lipinski definition) is 1. The van der Waals surface area contributed by atoms with E-state index >= 15 is 0 Å². The minimum atomic E-state index is -3.33. The molecule has 0 unspecified atom stereocenters. The second-order valence-electron chi connectivity index (χ2n) is 7.88. The third kappa shape index (κ3) is 5.99. The first-order valence-corrected chi connectivity index (χ1v) is 10.9. The molecular weight excluding hydrogens is 376 g/mol. The summed E-state index contributed by atoms with van der Waals surface area (Å²) in [7, 11) is -3.33. The molecule has 1 atom stereocenters. The highest BCUT2D eigenvalue weighted by Gasteiger charge is 2.22. The largest absolute Gasteiger partial charge is 0.376 e. The second kappa shape index (κ2) is 8.22. The minimum absolute atomic E-state index is 0.0356. The first-order chi connectivity index (χ1) is 12.9. The lowest BCUT2D eigenvalue weighted by atomic mass is 9.87. The fraction of sp³-hybridized carbons (Fsp3) is 0.381. The van der Waals surface area contributed by atoms with E-state index in [1.807, 2.05) is 31.2 Å². The number of hydrogen-bond acceptors (Lipinski definition) is 4. The van der Waals surface area contributed by atoms with Gasteiger partial charge in [-0.2, -0.15) is 5.06 Å². The van der Waals surface area contributed by atoms with Crippen molar-refractivity contribution in [2.24, 2.45) is 0 Å². The fourth-order valence-corrected chi connectivity index (χ4v) is 3.29. The van der Waals surface area contributed by atoms with Gasteiger partial charge in [-0.05, 0) is 47.7 Å². The Kier molecular flexibility index (Phi) is 6.39. The summed E-state index contributed by atoms with van der Waals surface area (Å²) in [6.45, 7) is 9.70. The first kappa shape index (κ1) is 21.8. The third-order valence-electron chi connectivity index (χ3n) is 4.28. The van der Waals surface area contributed by atoms with E-state index in [1.165, 1.54) is 17.6 Å². The fourth-order valence-electron chi connectivity index (χ4n) is 2.72. The van der Waals surface area contributed by atoms with Crippen LogP contribution in [0.2, 0.25) is 0 Å². The Morgan fingerprint density at radius 3 is 2.00 bits per heavy atom. The van der Waals surface area contributed by atoms with E-state index in [0.717, 1.165) is 11.8 Å². The van der Waals surface area contributed by atoms with Crippen LogP contribution in [0.25, 0.3) is 0 Å². The molecule has 0 bridgehead atoms. The van der Waals surface area contributed by atoms with Crippen LogP contribution in [0.5, 0.6) is 5.75 Å². The number of anilines is 1. The van der Waals surface area contributed by atoms with Gasteiger partial charge >= 0.3 is 0 Å². The van der Waals surface area contributed by atoms with Gasteiger partial charge in [0.15, 0.2) is 5.75 Å². The molecule has 1 N–H and O–H groups in total. The van der Waals surface area contributed by atoms with Crippen LogP contribution in [-0.4, -0.2) is 25.6 Å². The number of carbonyl (C=O) groups excluding carboxylic acids is 1. The van der Waals surface area contributed by atoms with E-state index in [4.69, 9.17) is 4.84 Å². The van der Waals surface area contributed by atoms with Crippen molar-refractivity contribution in [3.63, 3.8) is 0 Å². The average molecular weight is 405 g/mol. The zero-order valence-corrected chi connectivity index (χ0v) is 18.0. The summed E-state index contributed by atoms with van der Waals surface area (Å²) < 4.78 is 25.1. The van der Waals surface area contributed by atoms with E-state index in [1.54, 1.807) is 24.3 Å². The van der Waals surface area contributed by atoms with Crippen molar-refractivity contribution in [2.75, 3.05) is 11.0 Å². The standard InChI is InChI=1S/C21H28N2O4S/c1-15(17-7-11-19(12-8-17)22-28(6,25)26)23(16(2)24)27-20-13-9-18(10-14-20)21(3,4)5/h7-15,22H,1-6H3/t15-/m1/s1. The van der Waals surface area contributed by atoms with Crippen molar-refractivity contribution < 1.29 is 18.0 Å². The minimum Gasteiger partial charge on any atom is -0.376 e. The SMILES string of the molecule is CC(=O)N(Oc1ccc(C(C)(C)C)cc1)[C@H](C)c1ccc(NS(C)(=O)=O)cc1. The van der Waals surface area contributed by atoms with Gasteiger partial charge < -0.3 is 4.84 Å². The van der Waals surface area contributed by atoms with Crippen LogP contribution in [0, 0.1) is 0 Å². The van der Waals surface area contributed by atoms with Crippen molar-refractivity contribution in [3.8, 4) is 5.75 Å². The predicted molar refractivity (Wildman–Crippen MR) is 112 cm³/mol. The third-order valence-corrected chi connectivity index (χ3v) is 4.89. The van der Waals surface area contributed by atoms with E-state index in [2.05, 4.69) is 25.5 Å². The smallest absolute Gasteiger partial charge is 0.252 e. The van der Waals surface area contributed by atoms with E-state index in [0.29, 0.717) is 11.4 Å². The van der Waals surface area contributed by atoms with E-state index in [-0.39, 0.29) is 17.4 Å². The summed E-state index contributed by atoms with van der Waals surface area (Å²) in [4.78, 5) is 18.0. The molecule has 1 amide bonds. The van der Waals surface area contributed by atoms with Crippen molar-refractivity contribution in [1.82, 2.24) is 5.06 Å². The molecule has 0 spiro atoms. The Balaban J connectivity index is 2.18. The molecule has 2 aromatic rings. The van der Waals surface area contributed by atoms with Crippen LogP contribution in [0.3, 0.4) is 0 Å². The molecule has 7 heteroatoms. The van der Waals surface area contributed by atoms with Crippen molar-refractivity contribution in [2.45, 2.75) is 46.1 Å². The number of amides is 1. The highest BCUT2D eigenvalue weighted by molar-refractivity contribution is 7.92. The molecule has 0 aromatic heterocycles. The summed E-state index contributed by atoms with van der Waals surface area (Å²) in [6, 6.07) is 14.2. The first-order valence-electron chi connectivity index (χ1n) is 9.03. The number of nitrogens with zero attached hydrogens (tertiary/aromatic N) is 1. The van der Waals surface area contributed by atoms with E-state index in [9.17, 15) is 13.2 Å². The molecule has 6 nitrogen and oxygen atoms in total. The second-order valence-corrected chi connectivity index (χ2v) is 9.63. The monoisotopic (exact) mass is 404 g/mol. The van der Waals surface area contributed by atoms with Crippen LogP contribution in [0.1, 0.15) is 51.8 Å². The summed E-state index contributed by atoms with van der Waals surface area (Å²) in [5.74, 6) is 0.344. The molecule has 0 radical (unpaired) electrons. The number of carbonyl (C=O) groups is 1. The average Bonchev–Trinajstić information content (AvgIpc) is 2.58. The molecular formula is C21H28N2O4S. The zero-order chi connectivity index (χ0) is 21.1. The molecule has 2 rings (SSSR count). The lowest BCUT2D eigenvalue weighted by Crippen LogP contribution is -2.34. The lowest BCUT2D eigenvalue weighted by molar-refractivity contribution is -0.162. The lowest BCUT2D eigenvalue weighted by Gasteiger charge is -2.28. The molecule has 0 saturated heterocycles. The van der Waals surface area contributed by atoms with Gasteiger partial charge in [-0.1, -0.05) is 45.0 Å². The molecule has 0 aliphatic carbocycles. The van der Waals surface area contributed by atoms with Crippen LogP contribution >= 0.6 is 0 Å². The molecule has 28 heavy (non-hydrogen) atoms. The predicted octanol–water partition coefficient (Wildman–Crippen LogP) is 4.26. The molecule has 152 valence electrons. The number of benzene rings is 2. The Labute approximate surface area is 167 Å². The Morgan fingerprint density at radius 1 is 1.04 bits per heavy atom. The van der Waals surface area contributed by atoms with Gasteiger partial charge in [0.25, 0.3) is 5.91 Å². The Hall–Kier alpha value is -2.54. The Bertz CT molecular complexity index is 914. The van der Waals surface area contributed by atoms with E-state index < -0.39 is 10.0 Å². The highest BCUT2D eigenvalue weighted by Crippen LogP contribution is 2.27. The Morgan fingerprint density at radius 2 is 1.57 bits per heavy atom. The van der Waals surface area contributed by atoms with Gasteiger partial charge in [0.1, 0.15) is 0 Å². The van der Waals surface area contributed by atoms with Crippen molar-refractivity contribution >= 4 is 21.6 Å². The maximum absolute atomic E-state index is 12.2. The molecule has 0 aliphatic rings. The number of nitrogens with one attached hydrogen (secondary N) is 1. The normalized spacial score (nSPS) is 12.9. The summed E-state index contributed by atoms with van der Waals surface area (Å²) in [5, 5.41) is 1.31. The van der Waals surface area contributed by atoms with Crippen molar-refractivity contribution in [1.29, 1.82) is 0 Å². The van der Waals surface area contributed by atoms with Gasteiger partial charge in [0, 0.05) is 12.6 Å². The molecule has 0 saturated carbocycles. The number of hydroxylamine groups is 2. The van der Waals surface area contributed by atoms with Gasteiger partial charge in [0.05, 0.1) is 12.3 Å². The molecule has 0 heterocycles. The highest BCUT2D eigenvalue weighted by atomic mass is 32.2. The summed E-state index contributed by atoms with van der Waals surface area (Å²) in [5.41, 5.74) is 2.50. The maximum atomic E-state index is 12.2. The van der Waals surface area contributed by atoms with Crippen LogP contribution in [0.15, 0.2) is 48.5 Å². The maximum Gasteiger partial charge on any atom is 0.252 e. The van der Waals surface area contributed by atoms with Gasteiger partial charge in [-0.15, -0.1) is 0 Å². The van der Waals surface area contributed by atoms with Gasteiger partial charge in [-0.25, -0.2) is 8.42 Å². The summed E-state index contributed by atoms with van der Waals surface area (Å²) >= 11 is 0. The van der Waals surface area contributed by atoms with Gasteiger partial charge in [0.2, 0.25) is 10.0 Å². The molecule has 0 fully saturated rings. The van der Waals surface area contributed by atoms with Crippen molar-refractivity contribution in [3.05, 3.63) is 59.7 Å². The van der Waals surface area contributed by atoms with Crippen LogP contribution < -0.4 is 9.56 Å². The topological polar surface area (TPSA) is 75.7 Å². The molecule has 0 aliphatic heterocycles. The quantitative estimate of drug-likeness (QED) is 0.730. The number of sulfonamides is 1. The zero-order valence-electron chi connectivity index (χ0n) is 17.2. The number of rotatable bonds is 6. The molecule has 2 aromatic carbocycles. The van der Waals surface area contributed by atoms with Gasteiger partial charge in [-0.3, -0.25) is 9.52 Å². The van der Waals surface area contributed by atoms with Crippen LogP contribution in [-0.2, 0) is 20.2 Å². The van der Waals surface area contributed by atoms with Crippen LogP contribution in [0.4, 0.5) is 5.69 Å². The summed E-state index contributed by atoms with van der Waals surface area (Å²) in [6.07, 6.45) is 1.10.